The van der Waals surface area contributed by atoms with E-state index in [1.807, 2.05) is 0 Å². The van der Waals surface area contributed by atoms with Crippen molar-refractivity contribution >= 4 is 23.3 Å². The Kier molecular flexibility index (Phi) is 5.22. The highest BCUT2D eigenvalue weighted by molar-refractivity contribution is 6.19. The van der Waals surface area contributed by atoms with Crippen molar-refractivity contribution in [2.75, 3.05) is 51.6 Å². The minimum absolute atomic E-state index is 0.0949. The Bertz CT molecular complexity index is 875. The van der Waals surface area contributed by atoms with E-state index >= 15 is 0 Å². The molecule has 0 bridgehead atoms. The molecule has 2 fully saturated rings. The third-order valence-corrected chi connectivity index (χ3v) is 6.99. The number of fused-ring (bicyclic) bond motifs is 2. The summed E-state index contributed by atoms with van der Waals surface area (Å²) < 4.78 is 0. The number of ketones is 1. The van der Waals surface area contributed by atoms with Crippen molar-refractivity contribution in [3.8, 4) is 0 Å². The Hall–Kier alpha value is -2.25. The highest BCUT2D eigenvalue weighted by Crippen LogP contribution is 2.62. The Labute approximate surface area is 178 Å². The number of Topliss-reactive ketones (excluding diaryl/α,β-unsaturated/α-hetero) is 1. The van der Waals surface area contributed by atoms with Crippen LogP contribution in [0.3, 0.4) is 0 Å². The van der Waals surface area contributed by atoms with Crippen LogP contribution in [0.1, 0.15) is 31.1 Å². The highest BCUT2D eigenvalue weighted by Gasteiger charge is 2.73. The minimum atomic E-state index is -0.970. The fraction of sp³-hybridized carbons (Fsp3) is 0.609. The average Bonchev–Trinajstić information content (AvgIpc) is 3.36. The zero-order valence-electron chi connectivity index (χ0n) is 18.3. The number of para-hydroxylation sites is 1. The molecule has 30 heavy (non-hydrogen) atoms. The lowest BCUT2D eigenvalue weighted by molar-refractivity contribution is -0.125. The van der Waals surface area contributed by atoms with Crippen molar-refractivity contribution in [2.45, 2.75) is 20.8 Å². The van der Waals surface area contributed by atoms with Crippen LogP contribution in [0.15, 0.2) is 24.3 Å². The summed E-state index contributed by atoms with van der Waals surface area (Å²) in [7, 11) is 2.14. The van der Waals surface area contributed by atoms with Gasteiger partial charge < -0.3 is 20.4 Å². The van der Waals surface area contributed by atoms with Crippen LogP contribution >= 0.6 is 0 Å². The summed E-state index contributed by atoms with van der Waals surface area (Å²) in [6, 6.07) is 7.02. The van der Waals surface area contributed by atoms with Crippen molar-refractivity contribution in [2.24, 2.45) is 22.7 Å². The van der Waals surface area contributed by atoms with E-state index in [0.717, 1.165) is 32.7 Å². The fourth-order valence-corrected chi connectivity index (χ4v) is 5.04. The van der Waals surface area contributed by atoms with Crippen LogP contribution in [0.5, 0.6) is 0 Å². The second-order valence-electron chi connectivity index (χ2n) is 10.1. The second kappa shape index (κ2) is 7.46. The van der Waals surface area contributed by atoms with Crippen molar-refractivity contribution in [3.63, 3.8) is 0 Å². The molecule has 3 atom stereocenters. The number of hydrogen-bond donors (Lipinski definition) is 2. The van der Waals surface area contributed by atoms with Gasteiger partial charge >= 0.3 is 0 Å². The highest BCUT2D eigenvalue weighted by atomic mass is 16.2. The molecule has 1 aromatic rings. The number of carbonyl (C=O) groups excluding carboxylic acids is 3. The maximum Gasteiger partial charge on any atom is 0.229 e. The lowest BCUT2D eigenvalue weighted by atomic mass is 9.91. The SMILES string of the molecule is CN1CCN(CC(C)(C)CNC(=O)[C@@H]2[C@@H]3C(=O)Nc4ccccc4C(=O)[C@]23C)CC1. The maximum atomic E-state index is 13.2. The van der Waals surface area contributed by atoms with Gasteiger partial charge in [0.05, 0.1) is 22.9 Å². The number of nitrogens with zero attached hydrogens (tertiary/aromatic N) is 2. The molecule has 1 saturated heterocycles. The molecule has 2 N–H and O–H groups in total. The van der Waals surface area contributed by atoms with E-state index in [4.69, 9.17) is 0 Å². The van der Waals surface area contributed by atoms with Gasteiger partial charge in [-0.25, -0.2) is 0 Å². The molecular formula is C23H32N4O3. The Morgan fingerprint density at radius 3 is 2.57 bits per heavy atom. The van der Waals surface area contributed by atoms with Crippen molar-refractivity contribution < 1.29 is 14.4 Å². The number of benzene rings is 1. The smallest absolute Gasteiger partial charge is 0.229 e. The molecule has 1 aliphatic carbocycles. The van der Waals surface area contributed by atoms with Gasteiger partial charge in [0.1, 0.15) is 0 Å². The second-order valence-corrected chi connectivity index (χ2v) is 10.1. The molecule has 0 aromatic heterocycles. The number of amides is 2. The summed E-state index contributed by atoms with van der Waals surface area (Å²) in [6.07, 6.45) is 0. The Morgan fingerprint density at radius 2 is 1.87 bits per heavy atom. The van der Waals surface area contributed by atoms with Gasteiger partial charge in [-0.3, -0.25) is 14.4 Å². The van der Waals surface area contributed by atoms with Gasteiger partial charge in [0.15, 0.2) is 5.78 Å². The average molecular weight is 413 g/mol. The lowest BCUT2D eigenvalue weighted by Crippen LogP contribution is -2.50. The summed E-state index contributed by atoms with van der Waals surface area (Å²) >= 11 is 0. The summed E-state index contributed by atoms with van der Waals surface area (Å²) in [5.41, 5.74) is -0.0417. The number of anilines is 1. The summed E-state index contributed by atoms with van der Waals surface area (Å²) in [5.74, 6) is -1.79. The number of rotatable bonds is 5. The number of hydrogen-bond acceptors (Lipinski definition) is 5. The van der Waals surface area contributed by atoms with Crippen LogP contribution in [-0.2, 0) is 9.59 Å². The first-order valence-corrected chi connectivity index (χ1v) is 10.8. The molecule has 2 aliphatic heterocycles. The molecule has 2 amide bonds. The molecular weight excluding hydrogens is 380 g/mol. The summed E-state index contributed by atoms with van der Waals surface area (Å²) in [6.45, 7) is 11.6. The zero-order chi connectivity index (χ0) is 21.7. The van der Waals surface area contributed by atoms with E-state index < -0.39 is 17.3 Å². The van der Waals surface area contributed by atoms with Crippen LogP contribution in [0.25, 0.3) is 0 Å². The standard InChI is InChI=1S/C23H32N4O3/c1-22(2,14-27-11-9-26(4)10-12-27)13-24-20(29)17-18-21(30)25-16-8-6-5-7-15(16)19(28)23(17,18)3/h5-8,17-18H,9-14H2,1-4H3,(H,24,29)(H,25,30)/t17-,18+,23+/m0/s1. The number of likely N-dealkylation sites (N-methyl/N-ethyl adjacent to an activating group) is 1. The Morgan fingerprint density at radius 1 is 1.20 bits per heavy atom. The minimum Gasteiger partial charge on any atom is -0.355 e. The zero-order valence-corrected chi connectivity index (χ0v) is 18.3. The van der Waals surface area contributed by atoms with Crippen LogP contribution in [-0.4, -0.2) is 73.7 Å². The van der Waals surface area contributed by atoms with Gasteiger partial charge in [0.25, 0.3) is 0 Å². The van der Waals surface area contributed by atoms with Gasteiger partial charge in [-0.15, -0.1) is 0 Å². The monoisotopic (exact) mass is 412 g/mol. The van der Waals surface area contributed by atoms with Crippen molar-refractivity contribution in [1.82, 2.24) is 15.1 Å². The quantitative estimate of drug-likeness (QED) is 0.765. The topological polar surface area (TPSA) is 81.8 Å². The Balaban J connectivity index is 1.40. The van der Waals surface area contributed by atoms with E-state index in [1.54, 1.807) is 31.2 Å². The van der Waals surface area contributed by atoms with Gasteiger partial charge in [0, 0.05) is 44.8 Å². The van der Waals surface area contributed by atoms with Crippen molar-refractivity contribution in [1.29, 1.82) is 0 Å². The molecule has 1 aromatic carbocycles. The number of piperazine rings is 1. The molecule has 162 valence electrons. The van der Waals surface area contributed by atoms with E-state index in [-0.39, 0.29) is 23.0 Å². The van der Waals surface area contributed by atoms with Crippen molar-refractivity contribution in [3.05, 3.63) is 29.8 Å². The fourth-order valence-electron chi connectivity index (χ4n) is 5.04. The van der Waals surface area contributed by atoms with Gasteiger partial charge in [-0.1, -0.05) is 32.9 Å². The molecule has 7 nitrogen and oxygen atoms in total. The van der Waals surface area contributed by atoms with Gasteiger partial charge in [-0.2, -0.15) is 0 Å². The maximum absolute atomic E-state index is 13.2. The third kappa shape index (κ3) is 3.65. The van der Waals surface area contributed by atoms with Crippen LogP contribution in [0.4, 0.5) is 5.69 Å². The molecule has 0 spiro atoms. The van der Waals surface area contributed by atoms with Gasteiger partial charge in [-0.05, 0) is 24.6 Å². The van der Waals surface area contributed by atoms with Crippen LogP contribution < -0.4 is 10.6 Å². The molecule has 0 radical (unpaired) electrons. The first-order valence-electron chi connectivity index (χ1n) is 10.8. The molecule has 7 heteroatoms. The molecule has 1 saturated carbocycles. The van der Waals surface area contributed by atoms with E-state index in [2.05, 4.69) is 41.3 Å². The molecule has 4 rings (SSSR count). The molecule has 2 heterocycles. The van der Waals surface area contributed by atoms with E-state index in [9.17, 15) is 14.4 Å². The predicted molar refractivity (Wildman–Crippen MR) is 115 cm³/mol. The van der Waals surface area contributed by atoms with E-state index in [0.29, 0.717) is 17.8 Å². The summed E-state index contributed by atoms with van der Waals surface area (Å²) in [5, 5.41) is 5.88. The molecule has 3 aliphatic rings. The van der Waals surface area contributed by atoms with Crippen LogP contribution in [0, 0.1) is 22.7 Å². The molecule has 0 unspecified atom stereocenters. The summed E-state index contributed by atoms with van der Waals surface area (Å²) in [4.78, 5) is 43.7. The van der Waals surface area contributed by atoms with E-state index in [1.165, 1.54) is 0 Å². The largest absolute Gasteiger partial charge is 0.355 e. The number of nitrogens with one attached hydrogen (secondary N) is 2. The van der Waals surface area contributed by atoms with Gasteiger partial charge in [0.2, 0.25) is 11.8 Å². The number of carbonyl (C=O) groups is 3. The predicted octanol–water partition coefficient (Wildman–Crippen LogP) is 1.46. The first kappa shape index (κ1) is 21.0. The van der Waals surface area contributed by atoms with Crippen LogP contribution in [0.2, 0.25) is 0 Å². The normalized spacial score (nSPS) is 29.5. The third-order valence-electron chi connectivity index (χ3n) is 6.99. The first-order chi connectivity index (χ1) is 14.1. The lowest BCUT2D eigenvalue weighted by Gasteiger charge is -2.37.